The molecule has 8 nitrogen and oxygen atoms in total. The van der Waals surface area contributed by atoms with Crippen LogP contribution in [0, 0.1) is 0 Å². The summed E-state index contributed by atoms with van der Waals surface area (Å²) < 4.78 is 21.9. The predicted octanol–water partition coefficient (Wildman–Crippen LogP) is 5.43. The summed E-state index contributed by atoms with van der Waals surface area (Å²) in [6, 6.07) is 3.66. The molecule has 8 heteroatoms. The molecule has 0 spiro atoms. The zero-order valence-electron chi connectivity index (χ0n) is 20.6. The van der Waals surface area contributed by atoms with Gasteiger partial charge in [0.15, 0.2) is 0 Å². The van der Waals surface area contributed by atoms with E-state index in [2.05, 4.69) is 6.92 Å². The standard InChI is InChI=1S/C26H42O8/c1-2-3-4-5-6-7-8-9-10-11-12-31-13-14-32-15-16-33-17-18-34-24-20-22(25(27)28)19-23(21-24)26(29)30/h19-21H,2-18H2,1H3,(H,27,28)(H,29,30). The summed E-state index contributed by atoms with van der Waals surface area (Å²) in [7, 11) is 0. The van der Waals surface area contributed by atoms with Gasteiger partial charge in [0.1, 0.15) is 12.4 Å². The van der Waals surface area contributed by atoms with Crippen molar-refractivity contribution in [2.24, 2.45) is 0 Å². The van der Waals surface area contributed by atoms with E-state index in [-0.39, 0.29) is 30.1 Å². The summed E-state index contributed by atoms with van der Waals surface area (Å²) >= 11 is 0. The predicted molar refractivity (Wildman–Crippen MR) is 130 cm³/mol. The van der Waals surface area contributed by atoms with Crippen LogP contribution < -0.4 is 4.74 Å². The van der Waals surface area contributed by atoms with Gasteiger partial charge in [0.25, 0.3) is 0 Å². The molecular formula is C26H42O8. The van der Waals surface area contributed by atoms with Crippen molar-refractivity contribution < 1.29 is 38.7 Å². The maximum absolute atomic E-state index is 11.1. The van der Waals surface area contributed by atoms with E-state index in [9.17, 15) is 9.59 Å². The SMILES string of the molecule is CCCCCCCCCCCCOCCOCCOCCOc1cc(C(=O)O)cc(C(=O)O)c1. The van der Waals surface area contributed by atoms with Gasteiger partial charge < -0.3 is 29.2 Å². The minimum atomic E-state index is -1.21. The summed E-state index contributed by atoms with van der Waals surface area (Å²) in [6.45, 7) is 5.42. The second kappa shape index (κ2) is 20.2. The Morgan fingerprint density at radius 2 is 1.00 bits per heavy atom. The fourth-order valence-electron chi connectivity index (χ4n) is 3.38. The summed E-state index contributed by atoms with van der Waals surface area (Å²) in [5.41, 5.74) is -0.279. The summed E-state index contributed by atoms with van der Waals surface area (Å²) in [4.78, 5) is 22.2. The number of ether oxygens (including phenoxy) is 4. The molecule has 0 fully saturated rings. The first-order valence-corrected chi connectivity index (χ1v) is 12.5. The van der Waals surface area contributed by atoms with Crippen LogP contribution in [-0.2, 0) is 14.2 Å². The number of hydrogen-bond acceptors (Lipinski definition) is 6. The van der Waals surface area contributed by atoms with Gasteiger partial charge in [-0.2, -0.15) is 0 Å². The Balaban J connectivity index is 1.90. The van der Waals surface area contributed by atoms with Crippen molar-refractivity contribution in [3.8, 4) is 5.75 Å². The van der Waals surface area contributed by atoms with Crippen LogP contribution in [0.5, 0.6) is 5.75 Å². The lowest BCUT2D eigenvalue weighted by Gasteiger charge is -2.09. The Labute approximate surface area is 203 Å². The second-order valence-electron chi connectivity index (χ2n) is 8.22. The Kier molecular flexibility index (Phi) is 17.8. The molecule has 0 aliphatic carbocycles. The zero-order valence-corrected chi connectivity index (χ0v) is 20.6. The number of unbranched alkanes of at least 4 members (excludes halogenated alkanes) is 9. The van der Waals surface area contributed by atoms with Crippen LogP contribution in [0.2, 0.25) is 0 Å². The monoisotopic (exact) mass is 482 g/mol. The first kappa shape index (κ1) is 29.9. The molecule has 1 aromatic rings. The van der Waals surface area contributed by atoms with Gasteiger partial charge in [-0.25, -0.2) is 9.59 Å². The number of carboxylic acids is 2. The van der Waals surface area contributed by atoms with E-state index < -0.39 is 11.9 Å². The molecule has 0 unspecified atom stereocenters. The number of benzene rings is 1. The minimum Gasteiger partial charge on any atom is -0.491 e. The van der Waals surface area contributed by atoms with Crippen molar-refractivity contribution in [3.63, 3.8) is 0 Å². The lowest BCUT2D eigenvalue weighted by Crippen LogP contribution is -2.13. The van der Waals surface area contributed by atoms with Crippen molar-refractivity contribution in [2.45, 2.75) is 71.1 Å². The van der Waals surface area contributed by atoms with Crippen LogP contribution >= 0.6 is 0 Å². The Hall–Kier alpha value is -2.16. The zero-order chi connectivity index (χ0) is 24.9. The van der Waals surface area contributed by atoms with Crippen LogP contribution in [0.25, 0.3) is 0 Å². The summed E-state index contributed by atoms with van der Waals surface area (Å²) in [5.74, 6) is -2.25. The van der Waals surface area contributed by atoms with Gasteiger partial charge in [0, 0.05) is 6.61 Å². The quantitative estimate of drug-likeness (QED) is 0.199. The Morgan fingerprint density at radius 3 is 1.47 bits per heavy atom. The highest BCUT2D eigenvalue weighted by molar-refractivity contribution is 5.94. The van der Waals surface area contributed by atoms with E-state index in [1.165, 1.54) is 69.9 Å². The van der Waals surface area contributed by atoms with Crippen LogP contribution in [0.4, 0.5) is 0 Å². The van der Waals surface area contributed by atoms with Crippen molar-refractivity contribution in [1.29, 1.82) is 0 Å². The van der Waals surface area contributed by atoms with E-state index in [0.717, 1.165) is 19.1 Å². The molecule has 1 aromatic carbocycles. The number of carbonyl (C=O) groups is 2. The molecule has 0 saturated carbocycles. The smallest absolute Gasteiger partial charge is 0.335 e. The molecule has 0 heterocycles. The van der Waals surface area contributed by atoms with Gasteiger partial charge in [-0.3, -0.25) is 0 Å². The van der Waals surface area contributed by atoms with Gasteiger partial charge in [-0.15, -0.1) is 0 Å². The van der Waals surface area contributed by atoms with E-state index >= 15 is 0 Å². The first-order chi connectivity index (χ1) is 16.5. The molecule has 0 aromatic heterocycles. The third kappa shape index (κ3) is 15.6. The maximum atomic E-state index is 11.1. The average molecular weight is 483 g/mol. The van der Waals surface area contributed by atoms with Crippen molar-refractivity contribution in [1.82, 2.24) is 0 Å². The number of aromatic carboxylic acids is 2. The normalized spacial score (nSPS) is 11.0. The maximum Gasteiger partial charge on any atom is 0.335 e. The molecule has 0 bridgehead atoms. The first-order valence-electron chi connectivity index (χ1n) is 12.5. The van der Waals surface area contributed by atoms with Crippen LogP contribution in [0.15, 0.2) is 18.2 Å². The van der Waals surface area contributed by atoms with E-state index in [1.807, 2.05) is 0 Å². The highest BCUT2D eigenvalue weighted by Crippen LogP contribution is 2.18. The summed E-state index contributed by atoms with van der Waals surface area (Å²) in [6.07, 6.45) is 13.1. The van der Waals surface area contributed by atoms with Gasteiger partial charge >= 0.3 is 11.9 Å². The number of hydrogen-bond donors (Lipinski definition) is 2. The molecule has 194 valence electrons. The van der Waals surface area contributed by atoms with Crippen molar-refractivity contribution >= 4 is 11.9 Å². The average Bonchev–Trinajstić information content (AvgIpc) is 2.82. The lowest BCUT2D eigenvalue weighted by molar-refractivity contribution is 0.00877. The Bertz CT molecular complexity index is 645. The van der Waals surface area contributed by atoms with Gasteiger partial charge in [-0.1, -0.05) is 64.7 Å². The van der Waals surface area contributed by atoms with Crippen molar-refractivity contribution in [2.75, 3.05) is 46.2 Å². The topological polar surface area (TPSA) is 112 Å². The third-order valence-electron chi connectivity index (χ3n) is 5.28. The van der Waals surface area contributed by atoms with E-state index in [4.69, 9.17) is 29.2 Å². The molecule has 0 saturated heterocycles. The van der Waals surface area contributed by atoms with Crippen LogP contribution in [0.1, 0.15) is 91.8 Å². The van der Waals surface area contributed by atoms with Gasteiger partial charge in [0.2, 0.25) is 0 Å². The minimum absolute atomic E-state index is 0.139. The molecule has 0 radical (unpaired) electrons. The fourth-order valence-corrected chi connectivity index (χ4v) is 3.38. The van der Waals surface area contributed by atoms with Crippen molar-refractivity contribution in [3.05, 3.63) is 29.3 Å². The third-order valence-corrected chi connectivity index (χ3v) is 5.28. The number of rotatable bonds is 23. The molecule has 0 atom stereocenters. The Morgan fingerprint density at radius 1 is 0.588 bits per heavy atom. The van der Waals surface area contributed by atoms with Crippen LogP contribution in [0.3, 0.4) is 0 Å². The number of carboxylic acid groups (broad SMARTS) is 2. The molecule has 0 aliphatic heterocycles. The molecule has 34 heavy (non-hydrogen) atoms. The van der Waals surface area contributed by atoms with Gasteiger partial charge in [-0.05, 0) is 24.6 Å². The van der Waals surface area contributed by atoms with Crippen LogP contribution in [-0.4, -0.2) is 68.4 Å². The highest BCUT2D eigenvalue weighted by atomic mass is 16.6. The second-order valence-corrected chi connectivity index (χ2v) is 8.22. The lowest BCUT2D eigenvalue weighted by atomic mass is 10.1. The highest BCUT2D eigenvalue weighted by Gasteiger charge is 2.12. The largest absolute Gasteiger partial charge is 0.491 e. The van der Waals surface area contributed by atoms with E-state index in [1.54, 1.807) is 0 Å². The molecule has 0 amide bonds. The fraction of sp³-hybridized carbons (Fsp3) is 0.692. The van der Waals surface area contributed by atoms with Gasteiger partial charge in [0.05, 0.1) is 44.2 Å². The molecule has 0 aliphatic rings. The summed E-state index contributed by atoms with van der Waals surface area (Å²) in [5, 5.41) is 18.1. The van der Waals surface area contributed by atoms with E-state index in [0.29, 0.717) is 26.4 Å². The molecular weight excluding hydrogens is 440 g/mol. The molecule has 2 N–H and O–H groups in total. The molecule has 1 rings (SSSR count).